The summed E-state index contributed by atoms with van der Waals surface area (Å²) < 4.78 is 4.61. The minimum Gasteiger partial charge on any atom is -0.309 e. The van der Waals surface area contributed by atoms with Gasteiger partial charge in [0, 0.05) is 32.9 Å². The predicted octanol–water partition coefficient (Wildman–Crippen LogP) is 19.3. The van der Waals surface area contributed by atoms with Crippen LogP contribution in [0.25, 0.3) is 138 Å². The molecule has 12 aromatic carbocycles. The van der Waals surface area contributed by atoms with Gasteiger partial charge in [0.2, 0.25) is 0 Å². The number of allylic oxidation sites excluding steroid dienone is 1. The first kappa shape index (κ1) is 44.2. The first-order chi connectivity index (χ1) is 38.0. The van der Waals surface area contributed by atoms with Crippen LogP contribution in [0.4, 0.5) is 0 Å². The molecule has 14 aromatic rings. The molecule has 2 aromatic heterocycles. The zero-order valence-corrected chi connectivity index (χ0v) is 42.2. The summed E-state index contributed by atoms with van der Waals surface area (Å²) in [5, 5.41) is 31.6. The van der Waals surface area contributed by atoms with Gasteiger partial charge >= 0.3 is 0 Å². The molecular formula is C73H46N4. The Balaban J connectivity index is 1.01. The summed E-state index contributed by atoms with van der Waals surface area (Å²) >= 11 is 0. The number of benzene rings is 12. The smallest absolute Gasteiger partial charge is 0.0991 e. The summed E-state index contributed by atoms with van der Waals surface area (Å²) in [5.41, 5.74) is 19.6. The Hall–Kier alpha value is -10.3. The van der Waals surface area contributed by atoms with Gasteiger partial charge in [-0.1, -0.05) is 146 Å². The normalized spacial score (nSPS) is 13.3. The molecule has 4 heteroatoms. The van der Waals surface area contributed by atoms with Crippen LogP contribution in [0.3, 0.4) is 0 Å². The molecule has 0 amide bonds. The van der Waals surface area contributed by atoms with Crippen molar-refractivity contribution in [3.05, 3.63) is 259 Å². The fourth-order valence-electron chi connectivity index (χ4n) is 12.6. The number of nitriles is 2. The Bertz CT molecular complexity index is 4920. The zero-order chi connectivity index (χ0) is 51.3. The van der Waals surface area contributed by atoms with Gasteiger partial charge in [0.1, 0.15) is 0 Å². The molecule has 0 spiro atoms. The molecule has 0 saturated carbocycles. The van der Waals surface area contributed by atoms with Gasteiger partial charge in [0.25, 0.3) is 0 Å². The van der Waals surface area contributed by atoms with E-state index in [1.54, 1.807) is 0 Å². The molecule has 15 rings (SSSR count). The van der Waals surface area contributed by atoms with Crippen molar-refractivity contribution in [2.45, 2.75) is 19.3 Å². The largest absolute Gasteiger partial charge is 0.309 e. The highest BCUT2D eigenvalue weighted by atomic mass is 15.0. The molecule has 77 heavy (non-hydrogen) atoms. The van der Waals surface area contributed by atoms with Gasteiger partial charge in [0.05, 0.1) is 45.3 Å². The van der Waals surface area contributed by atoms with Crippen molar-refractivity contribution in [2.24, 2.45) is 0 Å². The number of nitrogens with zero attached hydrogens (tertiary/aromatic N) is 4. The Morgan fingerprint density at radius 1 is 0.364 bits per heavy atom. The number of aromatic nitrogens is 2. The third-order valence-corrected chi connectivity index (χ3v) is 16.3. The van der Waals surface area contributed by atoms with Crippen molar-refractivity contribution in [2.75, 3.05) is 0 Å². The standard InChI is InChI=1S/C73H46N4/c1-45-11-10-14-49-22-24-56(42-61(45)49)73-60-30-26-51(53-27-33-70-64(38-53)62-35-46(43-74)19-31-68(62)76(70)57-15-4-2-5-16-57)40-66(60)72(55-23-21-48-12-8-9-13-50(48)37-55)59-29-25-52(41-67(59)73)54-28-34-71-65(39-54)63-36-47(44-75)20-32-69(63)77(71)58-17-6-3-7-18-58/h2-10,12-42,45H,11H2,1H3. The van der Waals surface area contributed by atoms with Gasteiger partial charge in [0.15, 0.2) is 0 Å². The molecule has 0 fully saturated rings. The van der Waals surface area contributed by atoms with E-state index in [1.165, 1.54) is 60.1 Å². The van der Waals surface area contributed by atoms with E-state index in [1.807, 2.05) is 36.4 Å². The monoisotopic (exact) mass is 978 g/mol. The van der Waals surface area contributed by atoms with Gasteiger partial charge in [-0.3, -0.25) is 0 Å². The van der Waals surface area contributed by atoms with Crippen molar-refractivity contribution in [1.29, 1.82) is 10.5 Å². The first-order valence-electron chi connectivity index (χ1n) is 26.4. The summed E-state index contributed by atoms with van der Waals surface area (Å²) in [6, 6.07) is 88.3. The van der Waals surface area contributed by atoms with Gasteiger partial charge in [-0.15, -0.1) is 0 Å². The Morgan fingerprint density at radius 2 is 0.792 bits per heavy atom. The average Bonchev–Trinajstić information content (AvgIpc) is 4.12. The molecule has 0 aliphatic heterocycles. The van der Waals surface area contributed by atoms with Gasteiger partial charge in [-0.05, 0) is 203 Å². The van der Waals surface area contributed by atoms with Gasteiger partial charge in [-0.2, -0.15) is 10.5 Å². The highest BCUT2D eigenvalue weighted by Crippen LogP contribution is 2.48. The van der Waals surface area contributed by atoms with E-state index in [4.69, 9.17) is 0 Å². The SMILES string of the molecule is CC1CC=Cc2ccc(-c3c4ccc(-c5ccc6c(c5)c5cc(C#N)ccc5n6-c5ccccc5)cc4c(-c4ccc5ccccc5c4)c4ccc(-c5ccc6c(c5)c5cc(C#N)ccc5n6-c5ccccc5)cc34)cc21. The molecule has 1 aliphatic rings. The quantitative estimate of drug-likeness (QED) is 0.156. The fraction of sp³-hybridized carbons (Fsp3) is 0.0411. The third-order valence-electron chi connectivity index (χ3n) is 16.3. The second-order valence-electron chi connectivity index (χ2n) is 20.7. The Morgan fingerprint density at radius 3 is 1.32 bits per heavy atom. The van der Waals surface area contributed by atoms with Crippen LogP contribution in [-0.4, -0.2) is 9.13 Å². The van der Waals surface area contributed by atoms with Gasteiger partial charge in [-0.25, -0.2) is 0 Å². The molecule has 1 unspecified atom stereocenters. The average molecular weight is 979 g/mol. The van der Waals surface area contributed by atoms with Crippen LogP contribution >= 0.6 is 0 Å². The van der Waals surface area contributed by atoms with Crippen LogP contribution < -0.4 is 0 Å². The molecule has 358 valence electrons. The number of hydrogen-bond donors (Lipinski definition) is 0. The number of hydrogen-bond acceptors (Lipinski definition) is 2. The van der Waals surface area contributed by atoms with Crippen molar-refractivity contribution in [3.63, 3.8) is 0 Å². The third kappa shape index (κ3) is 7.04. The van der Waals surface area contributed by atoms with E-state index < -0.39 is 0 Å². The molecule has 0 saturated heterocycles. The van der Waals surface area contributed by atoms with Crippen LogP contribution in [0.1, 0.15) is 41.5 Å². The van der Waals surface area contributed by atoms with Crippen LogP contribution in [0.5, 0.6) is 0 Å². The number of rotatable bonds is 6. The van der Waals surface area contributed by atoms with Gasteiger partial charge < -0.3 is 9.13 Å². The number of para-hydroxylation sites is 2. The lowest BCUT2D eigenvalue weighted by atomic mass is 9.81. The summed E-state index contributed by atoms with van der Waals surface area (Å²) in [7, 11) is 0. The van der Waals surface area contributed by atoms with Crippen LogP contribution in [0.15, 0.2) is 237 Å². The summed E-state index contributed by atoms with van der Waals surface area (Å²) in [6.07, 6.45) is 5.60. The van der Waals surface area contributed by atoms with Crippen molar-refractivity contribution < 1.29 is 0 Å². The van der Waals surface area contributed by atoms with Crippen LogP contribution in [-0.2, 0) is 0 Å². The lowest BCUT2D eigenvalue weighted by Gasteiger charge is -2.22. The second-order valence-corrected chi connectivity index (χ2v) is 20.7. The minimum atomic E-state index is 0.393. The van der Waals surface area contributed by atoms with E-state index in [-0.39, 0.29) is 0 Å². The highest BCUT2D eigenvalue weighted by Gasteiger charge is 2.23. The van der Waals surface area contributed by atoms with E-state index >= 15 is 0 Å². The molecule has 0 bridgehead atoms. The molecule has 2 heterocycles. The zero-order valence-electron chi connectivity index (χ0n) is 42.2. The molecular weight excluding hydrogens is 933 g/mol. The fourth-order valence-corrected chi connectivity index (χ4v) is 12.6. The maximum Gasteiger partial charge on any atom is 0.0991 e. The van der Waals surface area contributed by atoms with Crippen molar-refractivity contribution in [3.8, 4) is 68.0 Å². The summed E-state index contributed by atoms with van der Waals surface area (Å²) in [6.45, 7) is 2.34. The Kier molecular flexibility index (Phi) is 10.0. The minimum absolute atomic E-state index is 0.393. The molecule has 4 nitrogen and oxygen atoms in total. The topological polar surface area (TPSA) is 57.4 Å². The molecule has 1 atom stereocenters. The van der Waals surface area contributed by atoms with Crippen molar-refractivity contribution in [1.82, 2.24) is 9.13 Å². The number of fused-ring (bicyclic) bond motifs is 10. The highest BCUT2D eigenvalue weighted by molar-refractivity contribution is 6.23. The lowest BCUT2D eigenvalue weighted by molar-refractivity contribution is 0.772. The summed E-state index contributed by atoms with van der Waals surface area (Å²) in [4.78, 5) is 0. The first-order valence-corrected chi connectivity index (χ1v) is 26.4. The van der Waals surface area contributed by atoms with E-state index in [0.29, 0.717) is 17.0 Å². The molecule has 1 aliphatic carbocycles. The van der Waals surface area contributed by atoms with E-state index in [9.17, 15) is 10.5 Å². The Labute approximate surface area is 445 Å². The second kappa shape index (κ2) is 17.4. The maximum absolute atomic E-state index is 10.1. The molecule has 0 radical (unpaired) electrons. The molecule has 0 N–H and O–H groups in total. The maximum atomic E-state index is 10.1. The summed E-state index contributed by atoms with van der Waals surface area (Å²) in [5.74, 6) is 0.393. The van der Waals surface area contributed by atoms with Crippen LogP contribution in [0, 0.1) is 22.7 Å². The van der Waals surface area contributed by atoms with E-state index in [0.717, 1.165) is 89.2 Å². The predicted molar refractivity (Wildman–Crippen MR) is 321 cm³/mol. The van der Waals surface area contributed by atoms with Crippen LogP contribution in [0.2, 0.25) is 0 Å². The van der Waals surface area contributed by atoms with E-state index in [2.05, 4.69) is 234 Å². The lowest BCUT2D eigenvalue weighted by Crippen LogP contribution is -2.00. The van der Waals surface area contributed by atoms with Crippen molar-refractivity contribution >= 4 is 82.0 Å².